The molecule has 46 heavy (non-hydrogen) atoms. The Labute approximate surface area is 279 Å². The van der Waals surface area contributed by atoms with Gasteiger partial charge in [-0.3, -0.25) is 0 Å². The van der Waals surface area contributed by atoms with Crippen LogP contribution >= 0.6 is 11.8 Å². The third-order valence-electron chi connectivity index (χ3n) is 8.50. The highest BCUT2D eigenvalue weighted by Crippen LogP contribution is 2.50. The fourth-order valence-electron chi connectivity index (χ4n) is 6.13. The SMILES string of the molecule is CCCCC1(CC)CC(c2ccccc2)c2cc(SC)c(O/C=C/C(=O)OC(C)(C)C)cc2S(=O)(=O)N1Cc1ccc(OC)cc1. The van der Waals surface area contributed by atoms with Crippen LogP contribution in [-0.4, -0.2) is 43.2 Å². The first kappa shape index (κ1) is 35.6. The van der Waals surface area contributed by atoms with Crippen molar-refractivity contribution in [1.29, 1.82) is 0 Å². The molecule has 7 nitrogen and oxygen atoms in total. The minimum Gasteiger partial charge on any atom is -0.497 e. The van der Waals surface area contributed by atoms with E-state index in [1.807, 2.05) is 54.8 Å². The molecule has 9 heteroatoms. The second-order valence-corrected chi connectivity index (χ2v) is 15.4. The van der Waals surface area contributed by atoms with Gasteiger partial charge in [-0.25, -0.2) is 13.2 Å². The van der Waals surface area contributed by atoms with E-state index in [2.05, 4.69) is 26.0 Å². The highest BCUT2D eigenvalue weighted by molar-refractivity contribution is 7.98. The lowest BCUT2D eigenvalue weighted by molar-refractivity contribution is -0.148. The van der Waals surface area contributed by atoms with Crippen LogP contribution in [0.4, 0.5) is 0 Å². The minimum atomic E-state index is -4.04. The van der Waals surface area contributed by atoms with Gasteiger partial charge >= 0.3 is 5.97 Å². The summed E-state index contributed by atoms with van der Waals surface area (Å²) in [5.41, 5.74) is 1.44. The van der Waals surface area contributed by atoms with E-state index in [0.29, 0.717) is 18.6 Å². The number of methoxy groups -OCH3 is 1. The van der Waals surface area contributed by atoms with Crippen molar-refractivity contribution in [3.63, 3.8) is 0 Å². The summed E-state index contributed by atoms with van der Waals surface area (Å²) in [5.74, 6) is 0.374. The summed E-state index contributed by atoms with van der Waals surface area (Å²) in [5, 5.41) is 0. The fourth-order valence-corrected chi connectivity index (χ4v) is 8.80. The van der Waals surface area contributed by atoms with Crippen molar-refractivity contribution >= 4 is 27.8 Å². The molecule has 0 aromatic heterocycles. The summed E-state index contributed by atoms with van der Waals surface area (Å²) in [4.78, 5) is 13.3. The number of sulfonamides is 1. The van der Waals surface area contributed by atoms with Gasteiger partial charge < -0.3 is 14.2 Å². The molecule has 2 atom stereocenters. The number of fused-ring (bicyclic) bond motifs is 1. The van der Waals surface area contributed by atoms with Crippen molar-refractivity contribution < 1.29 is 27.4 Å². The number of rotatable bonds is 12. The van der Waals surface area contributed by atoms with Crippen LogP contribution < -0.4 is 9.47 Å². The summed E-state index contributed by atoms with van der Waals surface area (Å²) in [6.07, 6.45) is 8.32. The van der Waals surface area contributed by atoms with Crippen molar-refractivity contribution in [1.82, 2.24) is 4.31 Å². The summed E-state index contributed by atoms with van der Waals surface area (Å²) in [6.45, 7) is 9.85. The number of carbonyl (C=O) groups excluding carboxylic acids is 1. The molecule has 0 amide bonds. The standard InChI is InChI=1S/C37H47NO6S2/c1-8-10-21-37(9-2)25-31(28-14-12-11-13-15-28)30-23-33(45-7)32(43-22-20-35(39)44-36(3,4)5)24-34(30)46(40,41)38(37)26-27-16-18-29(42-6)19-17-27/h11-20,22-24,31H,8-10,21,25-26H2,1-7H3/b22-20+. The molecule has 0 fully saturated rings. The second-order valence-electron chi connectivity index (χ2n) is 12.7. The van der Waals surface area contributed by atoms with Crippen molar-refractivity contribution in [2.24, 2.45) is 0 Å². The summed E-state index contributed by atoms with van der Waals surface area (Å²) in [6, 6.07) is 21.4. The molecule has 0 spiro atoms. The molecular weight excluding hydrogens is 619 g/mol. The quantitative estimate of drug-likeness (QED) is 0.0828. The Hall–Kier alpha value is -3.27. The topological polar surface area (TPSA) is 82.1 Å². The molecule has 248 valence electrons. The van der Waals surface area contributed by atoms with Crippen LogP contribution in [0.15, 0.2) is 88.9 Å². The molecular formula is C37H47NO6S2. The van der Waals surface area contributed by atoms with Gasteiger partial charge in [-0.1, -0.05) is 69.2 Å². The van der Waals surface area contributed by atoms with Crippen molar-refractivity contribution in [2.45, 2.75) is 100 Å². The Bertz CT molecular complexity index is 1610. The molecule has 1 aliphatic heterocycles. The van der Waals surface area contributed by atoms with E-state index < -0.39 is 27.1 Å². The summed E-state index contributed by atoms with van der Waals surface area (Å²) >= 11 is 1.47. The van der Waals surface area contributed by atoms with E-state index in [9.17, 15) is 4.79 Å². The maximum absolute atomic E-state index is 15.1. The van der Waals surface area contributed by atoms with Crippen LogP contribution in [-0.2, 0) is 26.1 Å². The average molecular weight is 666 g/mol. The molecule has 0 bridgehead atoms. The normalized spacial score (nSPS) is 19.8. The minimum absolute atomic E-state index is 0.166. The van der Waals surface area contributed by atoms with Gasteiger partial charge in [-0.2, -0.15) is 4.31 Å². The van der Waals surface area contributed by atoms with Gasteiger partial charge in [0.15, 0.2) is 0 Å². The number of unbranched alkanes of at least 4 members (excludes halogenated alkanes) is 1. The van der Waals surface area contributed by atoms with Gasteiger partial charge in [0.2, 0.25) is 10.0 Å². The number of thioether (sulfide) groups is 1. The van der Waals surface area contributed by atoms with Gasteiger partial charge in [0.25, 0.3) is 0 Å². The van der Waals surface area contributed by atoms with Crippen LogP contribution in [0.25, 0.3) is 0 Å². The molecule has 0 saturated heterocycles. The van der Waals surface area contributed by atoms with Gasteiger partial charge in [0.05, 0.1) is 29.2 Å². The molecule has 4 rings (SSSR count). The maximum atomic E-state index is 15.1. The molecule has 0 N–H and O–H groups in total. The van der Waals surface area contributed by atoms with Crippen LogP contribution in [0.1, 0.15) is 89.3 Å². The van der Waals surface area contributed by atoms with Crippen molar-refractivity contribution in [2.75, 3.05) is 13.4 Å². The molecule has 0 aliphatic carbocycles. The smallest absolute Gasteiger partial charge is 0.334 e. The number of hydrogen-bond acceptors (Lipinski definition) is 7. The lowest BCUT2D eigenvalue weighted by Gasteiger charge is -2.43. The number of carbonyl (C=O) groups is 1. The monoisotopic (exact) mass is 665 g/mol. The average Bonchev–Trinajstić information content (AvgIpc) is 3.10. The lowest BCUT2D eigenvalue weighted by Crippen LogP contribution is -2.50. The predicted octanol–water partition coefficient (Wildman–Crippen LogP) is 8.72. The Morgan fingerprint density at radius 1 is 1.07 bits per heavy atom. The number of benzene rings is 3. The van der Waals surface area contributed by atoms with Gasteiger partial charge in [0, 0.05) is 24.1 Å². The van der Waals surface area contributed by atoms with E-state index in [4.69, 9.17) is 14.2 Å². The zero-order valence-electron chi connectivity index (χ0n) is 28.0. The van der Waals surface area contributed by atoms with E-state index in [0.717, 1.165) is 46.6 Å². The molecule has 0 radical (unpaired) electrons. The first-order chi connectivity index (χ1) is 21.9. The molecule has 1 aliphatic rings. The summed E-state index contributed by atoms with van der Waals surface area (Å²) < 4.78 is 48.7. The van der Waals surface area contributed by atoms with Crippen LogP contribution in [0.3, 0.4) is 0 Å². The lowest BCUT2D eigenvalue weighted by atomic mass is 9.76. The Kier molecular flexibility index (Phi) is 11.7. The predicted molar refractivity (Wildman–Crippen MR) is 185 cm³/mol. The molecule has 3 aromatic rings. The second kappa shape index (κ2) is 15.1. The highest BCUT2D eigenvalue weighted by atomic mass is 32.2. The highest BCUT2D eigenvalue weighted by Gasteiger charge is 2.48. The van der Waals surface area contributed by atoms with E-state index >= 15 is 8.42 Å². The summed E-state index contributed by atoms with van der Waals surface area (Å²) in [7, 11) is -2.42. The largest absolute Gasteiger partial charge is 0.497 e. The van der Waals surface area contributed by atoms with E-state index in [-0.39, 0.29) is 17.4 Å². The van der Waals surface area contributed by atoms with E-state index in [1.54, 1.807) is 38.3 Å². The van der Waals surface area contributed by atoms with Gasteiger partial charge in [-0.05, 0) is 81.2 Å². The Balaban J connectivity index is 1.92. The van der Waals surface area contributed by atoms with E-state index in [1.165, 1.54) is 24.1 Å². The molecule has 1 heterocycles. The van der Waals surface area contributed by atoms with Crippen LogP contribution in [0.5, 0.6) is 11.5 Å². The van der Waals surface area contributed by atoms with Crippen molar-refractivity contribution in [3.8, 4) is 11.5 Å². The first-order valence-corrected chi connectivity index (χ1v) is 18.5. The third-order valence-corrected chi connectivity index (χ3v) is 11.3. The number of nitrogens with zero attached hydrogens (tertiary/aromatic N) is 1. The van der Waals surface area contributed by atoms with Crippen LogP contribution in [0.2, 0.25) is 0 Å². The number of ether oxygens (including phenoxy) is 3. The zero-order chi connectivity index (χ0) is 33.5. The molecule has 0 saturated carbocycles. The fraction of sp³-hybridized carbons (Fsp3) is 0.432. The zero-order valence-corrected chi connectivity index (χ0v) is 29.7. The van der Waals surface area contributed by atoms with Gasteiger partial charge in [0.1, 0.15) is 17.1 Å². The number of esters is 1. The molecule has 2 unspecified atom stereocenters. The number of hydrogen-bond donors (Lipinski definition) is 0. The van der Waals surface area contributed by atoms with Gasteiger partial charge in [-0.15, -0.1) is 11.8 Å². The maximum Gasteiger partial charge on any atom is 0.334 e. The van der Waals surface area contributed by atoms with Crippen LogP contribution in [0, 0.1) is 0 Å². The third kappa shape index (κ3) is 8.17. The first-order valence-electron chi connectivity index (χ1n) is 15.9. The molecule has 3 aromatic carbocycles. The Morgan fingerprint density at radius 2 is 1.76 bits per heavy atom. The van der Waals surface area contributed by atoms with Crippen molar-refractivity contribution in [3.05, 3.63) is 95.8 Å². The Morgan fingerprint density at radius 3 is 2.35 bits per heavy atom.